The van der Waals surface area contributed by atoms with Gasteiger partial charge >= 0.3 is 0 Å². The van der Waals surface area contributed by atoms with E-state index in [1.807, 2.05) is 43.3 Å². The first-order valence-electron chi connectivity index (χ1n) is 7.58. The number of nitrogens with zero attached hydrogens (tertiary/aromatic N) is 2. The van der Waals surface area contributed by atoms with Crippen molar-refractivity contribution in [2.75, 3.05) is 13.2 Å². The zero-order chi connectivity index (χ0) is 15.8. The number of carbonyl (C=O) groups is 1. The van der Waals surface area contributed by atoms with Crippen LogP contribution in [-0.4, -0.2) is 28.9 Å². The van der Waals surface area contributed by atoms with Gasteiger partial charge in [-0.1, -0.05) is 18.2 Å². The third kappa shape index (κ3) is 2.54. The van der Waals surface area contributed by atoms with Crippen molar-refractivity contribution in [1.82, 2.24) is 9.88 Å². The van der Waals surface area contributed by atoms with Crippen molar-refractivity contribution in [1.29, 1.82) is 0 Å². The quantitative estimate of drug-likeness (QED) is 0.693. The monoisotopic (exact) mass is 308 g/mol. The van der Waals surface area contributed by atoms with Crippen LogP contribution in [0.25, 0.3) is 11.1 Å². The fourth-order valence-electron chi connectivity index (χ4n) is 2.79. The SMILES string of the molecule is Cc1ccc2oc(C(=O)N3CCOc4ccccc4C3)cc2n1. The largest absolute Gasteiger partial charge is 0.491 e. The number of fused-ring (bicyclic) bond motifs is 2. The van der Waals surface area contributed by atoms with Crippen molar-refractivity contribution >= 4 is 17.0 Å². The Balaban J connectivity index is 1.65. The van der Waals surface area contributed by atoms with Crippen molar-refractivity contribution in [2.24, 2.45) is 0 Å². The number of rotatable bonds is 1. The Labute approximate surface area is 133 Å². The molecule has 0 N–H and O–H groups in total. The lowest BCUT2D eigenvalue weighted by atomic mass is 10.2. The van der Waals surface area contributed by atoms with Crippen LogP contribution in [0, 0.1) is 6.92 Å². The molecule has 0 spiro atoms. The molecule has 1 aromatic carbocycles. The summed E-state index contributed by atoms with van der Waals surface area (Å²) in [5.74, 6) is 1.02. The predicted octanol–water partition coefficient (Wildman–Crippen LogP) is 3.17. The molecule has 0 atom stereocenters. The number of aryl methyl sites for hydroxylation is 1. The molecule has 0 aliphatic carbocycles. The highest BCUT2D eigenvalue weighted by Gasteiger charge is 2.23. The molecule has 116 valence electrons. The average molecular weight is 308 g/mol. The molecule has 2 aromatic heterocycles. The van der Waals surface area contributed by atoms with E-state index in [4.69, 9.17) is 9.15 Å². The van der Waals surface area contributed by atoms with E-state index in [0.29, 0.717) is 36.6 Å². The number of benzene rings is 1. The Morgan fingerprint density at radius 3 is 3.00 bits per heavy atom. The zero-order valence-electron chi connectivity index (χ0n) is 12.8. The van der Waals surface area contributed by atoms with Gasteiger partial charge in [-0.3, -0.25) is 4.79 Å². The molecule has 1 aliphatic heterocycles. The molecule has 0 saturated carbocycles. The Hall–Kier alpha value is -2.82. The summed E-state index contributed by atoms with van der Waals surface area (Å²) in [6.45, 7) is 3.42. The van der Waals surface area contributed by atoms with Crippen molar-refractivity contribution in [3.63, 3.8) is 0 Å². The molecular weight excluding hydrogens is 292 g/mol. The van der Waals surface area contributed by atoms with Crippen LogP contribution >= 0.6 is 0 Å². The van der Waals surface area contributed by atoms with Crippen molar-refractivity contribution < 1.29 is 13.9 Å². The molecule has 23 heavy (non-hydrogen) atoms. The van der Waals surface area contributed by atoms with Gasteiger partial charge in [0.25, 0.3) is 5.91 Å². The Kier molecular flexibility index (Phi) is 3.26. The van der Waals surface area contributed by atoms with Gasteiger partial charge in [0, 0.05) is 23.9 Å². The fraction of sp³-hybridized carbons (Fsp3) is 0.222. The lowest BCUT2D eigenvalue weighted by Gasteiger charge is -2.18. The molecule has 0 unspecified atom stereocenters. The molecule has 1 aliphatic rings. The molecule has 1 amide bonds. The first kappa shape index (κ1) is 13.8. The van der Waals surface area contributed by atoms with Gasteiger partial charge in [-0.2, -0.15) is 0 Å². The number of hydrogen-bond donors (Lipinski definition) is 0. The van der Waals surface area contributed by atoms with Crippen LogP contribution < -0.4 is 4.74 Å². The van der Waals surface area contributed by atoms with Gasteiger partial charge in [-0.05, 0) is 25.1 Å². The molecular formula is C18H16N2O3. The standard InChI is InChI=1S/C18H16N2O3/c1-12-6-7-16-14(19-12)10-17(23-16)18(21)20-8-9-22-15-5-3-2-4-13(15)11-20/h2-7,10H,8-9,11H2,1H3. The van der Waals surface area contributed by atoms with Crippen molar-refractivity contribution in [3.8, 4) is 5.75 Å². The van der Waals surface area contributed by atoms with Gasteiger partial charge in [0.05, 0.1) is 6.54 Å². The predicted molar refractivity (Wildman–Crippen MR) is 85.4 cm³/mol. The second-order valence-electron chi connectivity index (χ2n) is 5.63. The Morgan fingerprint density at radius 1 is 1.22 bits per heavy atom. The first-order valence-corrected chi connectivity index (χ1v) is 7.58. The number of aromatic nitrogens is 1. The van der Waals surface area contributed by atoms with Gasteiger partial charge in [0.2, 0.25) is 0 Å². The van der Waals surface area contributed by atoms with Crippen LogP contribution in [0.2, 0.25) is 0 Å². The fourth-order valence-corrected chi connectivity index (χ4v) is 2.79. The number of carbonyl (C=O) groups excluding carboxylic acids is 1. The summed E-state index contributed by atoms with van der Waals surface area (Å²) >= 11 is 0. The van der Waals surface area contributed by atoms with Crippen molar-refractivity contribution in [2.45, 2.75) is 13.5 Å². The zero-order valence-corrected chi connectivity index (χ0v) is 12.8. The van der Waals surface area contributed by atoms with E-state index >= 15 is 0 Å². The maximum Gasteiger partial charge on any atom is 0.290 e. The van der Waals surface area contributed by atoms with E-state index in [1.54, 1.807) is 11.0 Å². The third-order valence-electron chi connectivity index (χ3n) is 3.96. The van der Waals surface area contributed by atoms with Gasteiger partial charge in [-0.15, -0.1) is 0 Å². The van der Waals surface area contributed by atoms with Crippen LogP contribution in [-0.2, 0) is 6.54 Å². The first-order chi connectivity index (χ1) is 11.2. The van der Waals surface area contributed by atoms with Gasteiger partial charge in [0.15, 0.2) is 11.3 Å². The van der Waals surface area contributed by atoms with Gasteiger partial charge < -0.3 is 14.1 Å². The summed E-state index contributed by atoms with van der Waals surface area (Å²) in [5.41, 5.74) is 3.24. The Morgan fingerprint density at radius 2 is 2.09 bits per heavy atom. The maximum absolute atomic E-state index is 12.8. The number of ether oxygens (including phenoxy) is 1. The highest BCUT2D eigenvalue weighted by Crippen LogP contribution is 2.25. The minimum absolute atomic E-state index is 0.138. The number of pyridine rings is 1. The average Bonchev–Trinajstić information content (AvgIpc) is 2.85. The minimum Gasteiger partial charge on any atom is -0.491 e. The summed E-state index contributed by atoms with van der Waals surface area (Å²) < 4.78 is 11.4. The molecule has 3 heterocycles. The molecule has 5 nitrogen and oxygen atoms in total. The van der Waals surface area contributed by atoms with Gasteiger partial charge in [0.1, 0.15) is 17.9 Å². The molecule has 0 fully saturated rings. The highest BCUT2D eigenvalue weighted by molar-refractivity contribution is 5.95. The number of amides is 1. The third-order valence-corrected chi connectivity index (χ3v) is 3.96. The van der Waals surface area contributed by atoms with Crippen LogP contribution in [0.15, 0.2) is 46.9 Å². The highest BCUT2D eigenvalue weighted by atomic mass is 16.5. The molecule has 4 rings (SSSR count). The summed E-state index contributed by atoms with van der Waals surface area (Å²) in [7, 11) is 0. The van der Waals surface area contributed by atoms with E-state index in [2.05, 4.69) is 4.98 Å². The van der Waals surface area contributed by atoms with Crippen LogP contribution in [0.3, 0.4) is 0 Å². The van der Waals surface area contributed by atoms with Crippen LogP contribution in [0.1, 0.15) is 21.8 Å². The second kappa shape index (κ2) is 5.43. The van der Waals surface area contributed by atoms with Crippen LogP contribution in [0.4, 0.5) is 0 Å². The summed E-state index contributed by atoms with van der Waals surface area (Å²) in [4.78, 5) is 18.9. The van der Waals surface area contributed by atoms with E-state index in [0.717, 1.165) is 17.0 Å². The van der Waals surface area contributed by atoms with E-state index < -0.39 is 0 Å². The molecule has 0 bridgehead atoms. The molecule has 0 radical (unpaired) electrons. The second-order valence-corrected chi connectivity index (χ2v) is 5.63. The number of hydrogen-bond acceptors (Lipinski definition) is 4. The summed E-state index contributed by atoms with van der Waals surface area (Å²) in [6.07, 6.45) is 0. The maximum atomic E-state index is 12.8. The molecule has 5 heteroatoms. The smallest absolute Gasteiger partial charge is 0.290 e. The lowest BCUT2D eigenvalue weighted by Crippen LogP contribution is -2.32. The number of para-hydroxylation sites is 1. The normalized spacial score (nSPS) is 14.2. The molecule has 0 saturated heterocycles. The van der Waals surface area contributed by atoms with E-state index in [1.165, 1.54) is 0 Å². The van der Waals surface area contributed by atoms with Crippen LogP contribution in [0.5, 0.6) is 5.75 Å². The van der Waals surface area contributed by atoms with Crippen molar-refractivity contribution in [3.05, 3.63) is 59.5 Å². The molecule has 3 aromatic rings. The topological polar surface area (TPSA) is 55.6 Å². The van der Waals surface area contributed by atoms with E-state index in [-0.39, 0.29) is 5.91 Å². The minimum atomic E-state index is -0.138. The summed E-state index contributed by atoms with van der Waals surface area (Å²) in [6, 6.07) is 13.2. The van der Waals surface area contributed by atoms with Gasteiger partial charge in [-0.25, -0.2) is 4.98 Å². The Bertz CT molecular complexity index is 885. The lowest BCUT2D eigenvalue weighted by molar-refractivity contribution is 0.0703. The van der Waals surface area contributed by atoms with E-state index in [9.17, 15) is 4.79 Å². The summed E-state index contributed by atoms with van der Waals surface area (Å²) in [5, 5.41) is 0. The number of furan rings is 1.